The van der Waals surface area contributed by atoms with Crippen molar-refractivity contribution in [3.63, 3.8) is 0 Å². The largest absolute Gasteiger partial charge is 0.444 e. The number of ether oxygens (including phenoxy) is 2. The maximum Gasteiger partial charge on any atom is 0.410 e. The third kappa shape index (κ3) is 9.59. The first-order valence-electron chi connectivity index (χ1n) is 10.0. The fraction of sp³-hybridized carbons (Fsp3) is 0.900. The maximum absolute atomic E-state index is 12.6. The van der Waals surface area contributed by atoms with E-state index in [1.165, 1.54) is 9.80 Å². The number of aliphatic hydroxyl groups excluding tert-OH is 2. The van der Waals surface area contributed by atoms with Crippen molar-refractivity contribution in [2.24, 2.45) is 0 Å². The zero-order chi connectivity index (χ0) is 22.1. The van der Waals surface area contributed by atoms with E-state index in [4.69, 9.17) is 9.47 Å². The number of carbonyl (C=O) groups is 2. The minimum atomic E-state index is -0.676. The molecule has 0 heterocycles. The van der Waals surface area contributed by atoms with E-state index in [2.05, 4.69) is 0 Å². The van der Waals surface area contributed by atoms with Gasteiger partial charge in [0, 0.05) is 13.1 Å². The molecule has 0 rings (SSSR count). The van der Waals surface area contributed by atoms with Crippen molar-refractivity contribution in [2.75, 3.05) is 26.3 Å². The first kappa shape index (κ1) is 26.5. The van der Waals surface area contributed by atoms with Crippen LogP contribution in [0, 0.1) is 0 Å². The predicted octanol–water partition coefficient (Wildman–Crippen LogP) is 3.00. The normalized spacial score (nSPS) is 14.2. The minimum absolute atomic E-state index is 0.156. The van der Waals surface area contributed by atoms with E-state index in [1.54, 1.807) is 41.5 Å². The molecule has 0 aliphatic heterocycles. The Hall–Kier alpha value is -1.54. The van der Waals surface area contributed by atoms with Crippen molar-refractivity contribution < 1.29 is 29.3 Å². The summed E-state index contributed by atoms with van der Waals surface area (Å²) in [6.45, 7) is 14.3. The van der Waals surface area contributed by atoms with Gasteiger partial charge < -0.3 is 29.5 Å². The Morgan fingerprint density at radius 3 is 1.21 bits per heavy atom. The molecule has 0 saturated heterocycles. The maximum atomic E-state index is 12.6. The quantitative estimate of drug-likeness (QED) is 0.613. The van der Waals surface area contributed by atoms with Gasteiger partial charge in [-0.25, -0.2) is 9.59 Å². The van der Waals surface area contributed by atoms with Crippen LogP contribution in [0.25, 0.3) is 0 Å². The van der Waals surface area contributed by atoms with Gasteiger partial charge in [0.25, 0.3) is 0 Å². The third-order valence-corrected chi connectivity index (χ3v) is 4.08. The van der Waals surface area contributed by atoms with Gasteiger partial charge in [-0.3, -0.25) is 0 Å². The van der Waals surface area contributed by atoms with Crippen molar-refractivity contribution in [1.82, 2.24) is 9.80 Å². The lowest BCUT2D eigenvalue weighted by molar-refractivity contribution is -0.00698. The van der Waals surface area contributed by atoms with Gasteiger partial charge in [-0.2, -0.15) is 0 Å². The summed E-state index contributed by atoms with van der Waals surface area (Å²) < 4.78 is 10.9. The molecule has 0 aromatic heterocycles. The van der Waals surface area contributed by atoms with Crippen LogP contribution in [-0.4, -0.2) is 81.8 Å². The van der Waals surface area contributed by atoms with Gasteiger partial charge in [0.15, 0.2) is 0 Å². The summed E-state index contributed by atoms with van der Waals surface area (Å²) in [5, 5.41) is 19.4. The summed E-state index contributed by atoms with van der Waals surface area (Å²) in [4.78, 5) is 28.2. The Balaban J connectivity index is 5.48. The zero-order valence-corrected chi connectivity index (χ0v) is 18.8. The fourth-order valence-corrected chi connectivity index (χ4v) is 2.60. The number of hydrogen-bond donors (Lipinski definition) is 2. The van der Waals surface area contributed by atoms with Crippen LogP contribution in [-0.2, 0) is 9.47 Å². The smallest absolute Gasteiger partial charge is 0.410 e. The third-order valence-electron chi connectivity index (χ3n) is 4.08. The van der Waals surface area contributed by atoms with Gasteiger partial charge in [0.05, 0.1) is 25.3 Å². The number of hydrogen-bond acceptors (Lipinski definition) is 6. The first-order valence-corrected chi connectivity index (χ1v) is 10.0. The van der Waals surface area contributed by atoms with Gasteiger partial charge in [-0.15, -0.1) is 0 Å². The van der Waals surface area contributed by atoms with Crippen LogP contribution in [0.15, 0.2) is 0 Å². The Labute approximate surface area is 169 Å². The molecular weight excluding hydrogens is 364 g/mol. The molecule has 8 heteroatoms. The molecule has 0 saturated carbocycles. The lowest BCUT2D eigenvalue weighted by Crippen LogP contribution is -2.52. The van der Waals surface area contributed by atoms with Gasteiger partial charge in [-0.05, 0) is 54.4 Å². The zero-order valence-electron chi connectivity index (χ0n) is 18.8. The molecule has 0 aromatic carbocycles. The molecule has 0 radical (unpaired) electrons. The highest BCUT2D eigenvalue weighted by atomic mass is 16.6. The summed E-state index contributed by atoms with van der Waals surface area (Å²) in [6, 6.07) is -0.853. The van der Waals surface area contributed by atoms with Gasteiger partial charge in [0.1, 0.15) is 11.2 Å². The molecule has 2 unspecified atom stereocenters. The second-order valence-corrected chi connectivity index (χ2v) is 8.84. The molecule has 0 bridgehead atoms. The number of nitrogens with zero attached hydrogens (tertiary/aromatic N) is 2. The van der Waals surface area contributed by atoms with E-state index >= 15 is 0 Å². The highest BCUT2D eigenvalue weighted by Gasteiger charge is 2.31. The summed E-state index contributed by atoms with van der Waals surface area (Å²) in [5.74, 6) is 0. The highest BCUT2D eigenvalue weighted by molar-refractivity contribution is 5.70. The molecule has 8 nitrogen and oxygen atoms in total. The van der Waals surface area contributed by atoms with Crippen LogP contribution < -0.4 is 0 Å². The molecule has 2 atom stereocenters. The van der Waals surface area contributed by atoms with E-state index in [1.807, 2.05) is 13.8 Å². The number of amides is 2. The fourth-order valence-electron chi connectivity index (χ4n) is 2.60. The second kappa shape index (κ2) is 11.5. The summed E-state index contributed by atoms with van der Waals surface area (Å²) in [5.41, 5.74) is -1.35. The molecular formula is C20H40N2O6. The molecule has 28 heavy (non-hydrogen) atoms. The molecule has 0 aromatic rings. The van der Waals surface area contributed by atoms with Crippen LogP contribution in [0.4, 0.5) is 9.59 Å². The monoisotopic (exact) mass is 404 g/mol. The van der Waals surface area contributed by atoms with E-state index in [-0.39, 0.29) is 26.3 Å². The van der Waals surface area contributed by atoms with E-state index in [9.17, 15) is 19.8 Å². The van der Waals surface area contributed by atoms with Crippen LogP contribution in [0.5, 0.6) is 0 Å². The van der Waals surface area contributed by atoms with Crippen molar-refractivity contribution >= 4 is 12.2 Å². The van der Waals surface area contributed by atoms with Gasteiger partial charge in [-0.1, -0.05) is 13.8 Å². The van der Waals surface area contributed by atoms with Crippen LogP contribution >= 0.6 is 0 Å². The van der Waals surface area contributed by atoms with Crippen LogP contribution in [0.3, 0.4) is 0 Å². The molecule has 0 fully saturated rings. The SMILES string of the molecule is CCC(CO)N(CCN(C(=O)OC(C)(C)C)C(CC)CO)C(=O)OC(C)(C)C. The first-order chi connectivity index (χ1) is 12.8. The second-order valence-electron chi connectivity index (χ2n) is 8.84. The number of rotatable bonds is 9. The van der Waals surface area contributed by atoms with E-state index in [0.717, 1.165) is 0 Å². The minimum Gasteiger partial charge on any atom is -0.444 e. The van der Waals surface area contributed by atoms with Crippen LogP contribution in [0.2, 0.25) is 0 Å². The average Bonchev–Trinajstić information content (AvgIpc) is 2.54. The topological polar surface area (TPSA) is 99.5 Å². The summed E-state index contributed by atoms with van der Waals surface area (Å²) in [6.07, 6.45) is -0.0112. The number of carbonyl (C=O) groups excluding carboxylic acids is 2. The lowest BCUT2D eigenvalue weighted by Gasteiger charge is -2.36. The van der Waals surface area contributed by atoms with Crippen LogP contribution in [0.1, 0.15) is 68.2 Å². The Kier molecular flexibility index (Phi) is 10.8. The highest BCUT2D eigenvalue weighted by Crippen LogP contribution is 2.17. The predicted molar refractivity (Wildman–Crippen MR) is 108 cm³/mol. The van der Waals surface area contributed by atoms with E-state index < -0.39 is 35.5 Å². The molecule has 0 aliphatic carbocycles. The van der Waals surface area contributed by atoms with Crippen molar-refractivity contribution in [2.45, 2.75) is 91.5 Å². The molecule has 2 N–H and O–H groups in total. The molecule has 166 valence electrons. The van der Waals surface area contributed by atoms with Gasteiger partial charge >= 0.3 is 12.2 Å². The average molecular weight is 405 g/mol. The summed E-state index contributed by atoms with van der Waals surface area (Å²) >= 11 is 0. The molecule has 2 amide bonds. The Bertz CT molecular complexity index is 432. The molecule has 0 spiro atoms. The lowest BCUT2D eigenvalue weighted by atomic mass is 10.1. The standard InChI is InChI=1S/C20H40N2O6/c1-9-15(13-23)21(17(25)27-19(3,4)5)11-12-22(16(10-2)14-24)18(26)28-20(6,7)8/h15-16,23-24H,9-14H2,1-8H3. The summed E-state index contributed by atoms with van der Waals surface area (Å²) in [7, 11) is 0. The Morgan fingerprint density at radius 1 is 0.750 bits per heavy atom. The molecule has 0 aliphatic rings. The van der Waals surface area contributed by atoms with Crippen molar-refractivity contribution in [3.8, 4) is 0 Å². The van der Waals surface area contributed by atoms with Gasteiger partial charge in [0.2, 0.25) is 0 Å². The van der Waals surface area contributed by atoms with E-state index in [0.29, 0.717) is 12.8 Å². The Morgan fingerprint density at radius 2 is 1.04 bits per heavy atom. The van der Waals surface area contributed by atoms with Crippen molar-refractivity contribution in [3.05, 3.63) is 0 Å². The number of aliphatic hydroxyl groups is 2. The van der Waals surface area contributed by atoms with Crippen molar-refractivity contribution in [1.29, 1.82) is 0 Å².